The number of nitrogens with two attached hydrogens (primary N) is 1. The fourth-order valence-electron chi connectivity index (χ4n) is 2.64. The number of rotatable bonds is 5. The fourth-order valence-corrected chi connectivity index (χ4v) is 2.64. The van der Waals surface area contributed by atoms with Crippen LogP contribution in [0.25, 0.3) is 0 Å². The Bertz CT molecular complexity index is 335. The number of carbonyl (C=O) groups is 1. The van der Waals surface area contributed by atoms with Crippen LogP contribution in [0.2, 0.25) is 0 Å². The summed E-state index contributed by atoms with van der Waals surface area (Å²) in [7, 11) is 0. The minimum Gasteiger partial charge on any atom is -0.430 e. The first-order valence-corrected chi connectivity index (χ1v) is 7.08. The lowest BCUT2D eigenvalue weighted by Crippen LogP contribution is -2.37. The molecule has 0 aromatic carbocycles. The summed E-state index contributed by atoms with van der Waals surface area (Å²) >= 11 is 0. The molecule has 2 heterocycles. The second kappa shape index (κ2) is 6.75. The number of carbonyl (C=O) groups excluding carboxylic acids is 1. The summed E-state index contributed by atoms with van der Waals surface area (Å²) < 4.78 is 9.70. The van der Waals surface area contributed by atoms with Crippen LogP contribution < -0.4 is 11.1 Å². The van der Waals surface area contributed by atoms with Crippen LogP contribution in [-0.4, -0.2) is 36.8 Å². The first-order valence-electron chi connectivity index (χ1n) is 7.08. The van der Waals surface area contributed by atoms with E-state index in [2.05, 4.69) is 5.32 Å². The van der Waals surface area contributed by atoms with Crippen molar-refractivity contribution in [3.63, 3.8) is 0 Å². The highest BCUT2D eigenvalue weighted by atomic mass is 16.8. The number of nitrogens with one attached hydrogen (secondary N) is 2. The van der Waals surface area contributed by atoms with Gasteiger partial charge in [-0.1, -0.05) is 6.42 Å². The van der Waals surface area contributed by atoms with Crippen LogP contribution in [0, 0.1) is 5.41 Å². The van der Waals surface area contributed by atoms with E-state index < -0.39 is 6.16 Å². The average molecular weight is 269 g/mol. The van der Waals surface area contributed by atoms with Crippen LogP contribution in [-0.2, 0) is 9.47 Å². The van der Waals surface area contributed by atoms with E-state index in [4.69, 9.17) is 20.6 Å². The highest BCUT2D eigenvalue weighted by molar-refractivity contribution is 5.79. The van der Waals surface area contributed by atoms with Crippen molar-refractivity contribution in [2.45, 2.75) is 63.1 Å². The molecule has 3 atom stereocenters. The molecule has 0 aliphatic carbocycles. The van der Waals surface area contributed by atoms with Gasteiger partial charge in [-0.2, -0.15) is 0 Å². The zero-order chi connectivity index (χ0) is 13.7. The molecule has 6 nitrogen and oxygen atoms in total. The third kappa shape index (κ3) is 4.38. The van der Waals surface area contributed by atoms with E-state index in [1.165, 1.54) is 6.42 Å². The molecular formula is C13H23N3O3. The van der Waals surface area contributed by atoms with Crippen molar-refractivity contribution in [1.82, 2.24) is 5.32 Å². The summed E-state index contributed by atoms with van der Waals surface area (Å²) in [4.78, 5) is 10.8. The van der Waals surface area contributed by atoms with E-state index in [0.29, 0.717) is 11.9 Å². The predicted molar refractivity (Wildman–Crippen MR) is 71.2 cm³/mol. The standard InChI is InChI=1S/C13H23N3O3/c14-10(11-8-18-13(17)19-11)6-3-5-9-4-1-2-7-12(15)16-9/h9-11H,1-8,14H2,(H2,15,16). The summed E-state index contributed by atoms with van der Waals surface area (Å²) in [5.74, 6) is 0.657. The Labute approximate surface area is 113 Å². The maximum Gasteiger partial charge on any atom is 0.508 e. The topological polar surface area (TPSA) is 97.4 Å². The van der Waals surface area contributed by atoms with Crippen LogP contribution >= 0.6 is 0 Å². The number of amidine groups is 1. The monoisotopic (exact) mass is 269 g/mol. The van der Waals surface area contributed by atoms with Crippen molar-refractivity contribution < 1.29 is 14.3 Å². The Balaban J connectivity index is 1.65. The Morgan fingerprint density at radius 2 is 2.32 bits per heavy atom. The molecule has 6 heteroatoms. The van der Waals surface area contributed by atoms with Crippen molar-refractivity contribution in [3.8, 4) is 0 Å². The molecule has 0 aromatic heterocycles. The highest BCUT2D eigenvalue weighted by Gasteiger charge is 2.30. The molecule has 0 amide bonds. The lowest BCUT2D eigenvalue weighted by Gasteiger charge is -2.19. The first-order chi connectivity index (χ1) is 9.15. The lowest BCUT2D eigenvalue weighted by molar-refractivity contribution is 0.109. The molecule has 19 heavy (non-hydrogen) atoms. The Hall–Kier alpha value is -1.30. The molecule has 2 aliphatic rings. The molecule has 2 saturated heterocycles. The van der Waals surface area contributed by atoms with Gasteiger partial charge in [0.2, 0.25) is 0 Å². The van der Waals surface area contributed by atoms with Crippen LogP contribution in [0.1, 0.15) is 44.9 Å². The second-order valence-corrected chi connectivity index (χ2v) is 5.38. The van der Waals surface area contributed by atoms with Crippen LogP contribution in [0.4, 0.5) is 4.79 Å². The van der Waals surface area contributed by atoms with Gasteiger partial charge in [0.15, 0.2) is 6.10 Å². The highest BCUT2D eigenvalue weighted by Crippen LogP contribution is 2.17. The van der Waals surface area contributed by atoms with Gasteiger partial charge in [0, 0.05) is 18.5 Å². The van der Waals surface area contributed by atoms with E-state index in [-0.39, 0.29) is 18.8 Å². The Kier molecular flexibility index (Phi) is 5.01. The van der Waals surface area contributed by atoms with Crippen molar-refractivity contribution >= 4 is 12.0 Å². The average Bonchev–Trinajstić information content (AvgIpc) is 2.70. The maximum atomic E-state index is 10.8. The Morgan fingerprint density at radius 3 is 3.05 bits per heavy atom. The molecular weight excluding hydrogens is 246 g/mol. The molecule has 2 fully saturated rings. The number of hydrogen-bond donors (Lipinski definition) is 3. The number of hydrogen-bond acceptors (Lipinski definition) is 5. The summed E-state index contributed by atoms with van der Waals surface area (Å²) in [5, 5.41) is 11.0. The van der Waals surface area contributed by atoms with Gasteiger partial charge >= 0.3 is 6.16 Å². The van der Waals surface area contributed by atoms with Gasteiger partial charge in [0.1, 0.15) is 6.61 Å². The van der Waals surface area contributed by atoms with Gasteiger partial charge in [0.25, 0.3) is 0 Å². The van der Waals surface area contributed by atoms with Crippen molar-refractivity contribution in [1.29, 1.82) is 5.41 Å². The van der Waals surface area contributed by atoms with E-state index in [9.17, 15) is 4.79 Å². The molecule has 0 bridgehead atoms. The summed E-state index contributed by atoms with van der Waals surface area (Å²) in [6.45, 7) is 0.270. The molecule has 2 aliphatic heterocycles. The number of cyclic esters (lactones) is 2. The van der Waals surface area contributed by atoms with E-state index in [1.54, 1.807) is 0 Å². The molecule has 3 unspecified atom stereocenters. The zero-order valence-electron chi connectivity index (χ0n) is 11.2. The van der Waals surface area contributed by atoms with Crippen LogP contribution in [0.15, 0.2) is 0 Å². The normalized spacial score (nSPS) is 29.1. The zero-order valence-corrected chi connectivity index (χ0v) is 11.2. The van der Waals surface area contributed by atoms with E-state index >= 15 is 0 Å². The van der Waals surface area contributed by atoms with Crippen LogP contribution in [0.3, 0.4) is 0 Å². The smallest absolute Gasteiger partial charge is 0.430 e. The molecule has 2 rings (SSSR count). The quantitative estimate of drug-likeness (QED) is 0.657. The van der Waals surface area contributed by atoms with Crippen LogP contribution in [0.5, 0.6) is 0 Å². The third-order valence-corrected chi connectivity index (χ3v) is 3.79. The minimum absolute atomic E-state index is 0.156. The van der Waals surface area contributed by atoms with Gasteiger partial charge in [-0.3, -0.25) is 5.41 Å². The maximum absolute atomic E-state index is 10.8. The van der Waals surface area contributed by atoms with Gasteiger partial charge in [-0.25, -0.2) is 4.79 Å². The minimum atomic E-state index is -0.612. The predicted octanol–water partition coefficient (Wildman–Crippen LogP) is 1.53. The molecule has 0 spiro atoms. The molecule has 0 aromatic rings. The van der Waals surface area contributed by atoms with Gasteiger partial charge < -0.3 is 20.5 Å². The largest absolute Gasteiger partial charge is 0.508 e. The first kappa shape index (κ1) is 14.1. The number of ether oxygens (including phenoxy) is 2. The van der Waals surface area contributed by atoms with E-state index in [0.717, 1.165) is 38.5 Å². The van der Waals surface area contributed by atoms with Crippen molar-refractivity contribution in [3.05, 3.63) is 0 Å². The van der Waals surface area contributed by atoms with E-state index in [1.807, 2.05) is 0 Å². The SMILES string of the molecule is N=C1CCCCC(CCCC(N)C2COC(=O)O2)N1. The third-order valence-electron chi connectivity index (χ3n) is 3.79. The summed E-state index contributed by atoms with van der Waals surface area (Å²) in [6.07, 6.45) is 6.17. The Morgan fingerprint density at radius 1 is 1.47 bits per heavy atom. The van der Waals surface area contributed by atoms with Crippen molar-refractivity contribution in [2.75, 3.05) is 6.61 Å². The van der Waals surface area contributed by atoms with Gasteiger partial charge in [-0.05, 0) is 32.1 Å². The van der Waals surface area contributed by atoms with Crippen molar-refractivity contribution in [2.24, 2.45) is 5.73 Å². The second-order valence-electron chi connectivity index (χ2n) is 5.38. The fraction of sp³-hybridized carbons (Fsp3) is 0.846. The van der Waals surface area contributed by atoms with Gasteiger partial charge in [-0.15, -0.1) is 0 Å². The van der Waals surface area contributed by atoms with Gasteiger partial charge in [0.05, 0.1) is 5.84 Å². The summed E-state index contributed by atoms with van der Waals surface area (Å²) in [5.41, 5.74) is 6.00. The molecule has 0 radical (unpaired) electrons. The molecule has 0 saturated carbocycles. The summed E-state index contributed by atoms with van der Waals surface area (Å²) in [6, 6.07) is 0.237. The lowest BCUT2D eigenvalue weighted by atomic mass is 10.0. The molecule has 4 N–H and O–H groups in total. The molecule has 108 valence electrons.